The topological polar surface area (TPSA) is 91.8 Å². The van der Waals surface area contributed by atoms with Crippen LogP contribution in [0.1, 0.15) is 57.8 Å². The van der Waals surface area contributed by atoms with Crippen LogP contribution in [0.15, 0.2) is 28.7 Å². The number of aromatic nitrogens is 1. The van der Waals surface area contributed by atoms with Crippen molar-refractivity contribution < 1.29 is 32.6 Å². The third-order valence-corrected chi connectivity index (χ3v) is 7.11. The number of ether oxygens (including phenoxy) is 1. The van der Waals surface area contributed by atoms with Crippen LogP contribution in [0.5, 0.6) is 5.75 Å². The van der Waals surface area contributed by atoms with Crippen molar-refractivity contribution in [1.82, 2.24) is 9.88 Å². The number of hydrogen-bond acceptors (Lipinski definition) is 5. The standard InChI is InChI=1S/C23H23BrF3N3O4/c1-34-20-16(29-21(32)15-3-2-4-17(28-15)23(25,26)27)9-13-10-30(22(33)18(13)19(20)24)14-7-5-12(11-31)6-8-14/h2-4,9,12,14,31H,5-8,10-11H2,1H3,(H,29,32)/t12-,14-. The van der Waals surface area contributed by atoms with E-state index in [1.807, 2.05) is 0 Å². The minimum Gasteiger partial charge on any atom is -0.493 e. The number of benzene rings is 1. The van der Waals surface area contributed by atoms with Crippen molar-refractivity contribution in [3.05, 3.63) is 51.3 Å². The average Bonchev–Trinajstić information content (AvgIpc) is 3.15. The van der Waals surface area contributed by atoms with Gasteiger partial charge in [0, 0.05) is 19.2 Å². The Bertz CT molecular complexity index is 1120. The van der Waals surface area contributed by atoms with Crippen LogP contribution in [0, 0.1) is 5.92 Å². The Morgan fingerprint density at radius 3 is 2.62 bits per heavy atom. The zero-order chi connectivity index (χ0) is 24.6. The number of methoxy groups -OCH3 is 1. The summed E-state index contributed by atoms with van der Waals surface area (Å²) in [5, 5.41) is 11.9. The second-order valence-corrected chi connectivity index (χ2v) is 9.25. The van der Waals surface area contributed by atoms with Crippen LogP contribution in [0.3, 0.4) is 0 Å². The molecule has 1 fully saturated rings. The van der Waals surface area contributed by atoms with Crippen LogP contribution >= 0.6 is 15.9 Å². The van der Waals surface area contributed by atoms with E-state index in [1.54, 1.807) is 11.0 Å². The predicted molar refractivity (Wildman–Crippen MR) is 121 cm³/mol. The van der Waals surface area contributed by atoms with Crippen molar-refractivity contribution >= 4 is 33.4 Å². The number of amides is 2. The van der Waals surface area contributed by atoms with Crippen LogP contribution in [-0.2, 0) is 12.7 Å². The highest BCUT2D eigenvalue weighted by Crippen LogP contribution is 2.43. The first kappa shape index (κ1) is 24.5. The zero-order valence-corrected chi connectivity index (χ0v) is 19.9. The molecule has 11 heteroatoms. The van der Waals surface area contributed by atoms with Crippen LogP contribution in [-0.4, -0.2) is 46.6 Å². The van der Waals surface area contributed by atoms with Crippen molar-refractivity contribution in [3.63, 3.8) is 0 Å². The maximum atomic E-state index is 13.2. The van der Waals surface area contributed by atoms with Crippen molar-refractivity contribution in [2.75, 3.05) is 19.0 Å². The van der Waals surface area contributed by atoms with Gasteiger partial charge < -0.3 is 20.1 Å². The molecule has 0 unspecified atom stereocenters. The molecule has 1 saturated carbocycles. The first-order valence-corrected chi connectivity index (χ1v) is 11.6. The molecule has 2 aliphatic rings. The quantitative estimate of drug-likeness (QED) is 0.575. The minimum atomic E-state index is -4.68. The van der Waals surface area contributed by atoms with Crippen molar-refractivity contribution in [2.45, 2.75) is 44.4 Å². The van der Waals surface area contributed by atoms with E-state index < -0.39 is 23.5 Å². The second-order valence-electron chi connectivity index (χ2n) is 8.46. The van der Waals surface area contributed by atoms with Gasteiger partial charge in [-0.05, 0) is 71.3 Å². The van der Waals surface area contributed by atoms with E-state index in [-0.39, 0.29) is 35.9 Å². The van der Waals surface area contributed by atoms with Gasteiger partial charge in [0.2, 0.25) is 0 Å². The first-order valence-electron chi connectivity index (χ1n) is 10.8. The highest BCUT2D eigenvalue weighted by atomic mass is 79.9. The van der Waals surface area contributed by atoms with Gasteiger partial charge in [0.25, 0.3) is 11.8 Å². The van der Waals surface area contributed by atoms with E-state index in [1.165, 1.54) is 13.2 Å². The van der Waals surface area contributed by atoms with Crippen LogP contribution in [0.4, 0.5) is 18.9 Å². The number of carbonyl (C=O) groups is 2. The first-order chi connectivity index (χ1) is 16.1. The Morgan fingerprint density at radius 2 is 2.00 bits per heavy atom. The summed E-state index contributed by atoms with van der Waals surface area (Å²) < 4.78 is 44.7. The number of hydrogen-bond donors (Lipinski definition) is 2. The molecule has 2 N–H and O–H groups in total. The number of aliphatic hydroxyl groups excluding tert-OH is 1. The van der Waals surface area contributed by atoms with Crippen molar-refractivity contribution in [3.8, 4) is 5.75 Å². The van der Waals surface area contributed by atoms with Gasteiger partial charge in [0.1, 0.15) is 11.4 Å². The summed E-state index contributed by atoms with van der Waals surface area (Å²) in [7, 11) is 1.37. The molecule has 1 aliphatic carbocycles. The van der Waals surface area contributed by atoms with E-state index in [0.717, 1.165) is 37.8 Å². The average molecular weight is 542 g/mol. The molecule has 7 nitrogen and oxygen atoms in total. The Labute approximate surface area is 202 Å². The summed E-state index contributed by atoms with van der Waals surface area (Å²) in [6.07, 6.45) is -1.39. The molecule has 0 spiro atoms. The van der Waals surface area contributed by atoms with E-state index in [4.69, 9.17) is 4.74 Å². The molecule has 1 aromatic heterocycles. The lowest BCUT2D eigenvalue weighted by Crippen LogP contribution is -2.38. The molecule has 0 saturated heterocycles. The summed E-state index contributed by atoms with van der Waals surface area (Å²) >= 11 is 3.42. The largest absolute Gasteiger partial charge is 0.493 e. The van der Waals surface area contributed by atoms with E-state index in [0.29, 0.717) is 22.1 Å². The molecule has 34 heavy (non-hydrogen) atoms. The van der Waals surface area contributed by atoms with Crippen LogP contribution in [0.25, 0.3) is 0 Å². The fraction of sp³-hybridized carbons (Fsp3) is 0.435. The number of alkyl halides is 3. The highest BCUT2D eigenvalue weighted by molar-refractivity contribution is 9.10. The van der Waals surface area contributed by atoms with Gasteiger partial charge in [-0.25, -0.2) is 4.98 Å². The predicted octanol–water partition coefficient (Wildman–Crippen LogP) is 4.63. The third-order valence-electron chi connectivity index (χ3n) is 6.36. The van der Waals surface area contributed by atoms with Crippen molar-refractivity contribution in [2.24, 2.45) is 5.92 Å². The smallest absolute Gasteiger partial charge is 0.433 e. The lowest BCUT2D eigenvalue weighted by Gasteiger charge is -2.34. The number of aliphatic hydroxyl groups is 1. The fourth-order valence-corrected chi connectivity index (χ4v) is 5.37. The van der Waals surface area contributed by atoms with Crippen molar-refractivity contribution in [1.29, 1.82) is 0 Å². The number of rotatable bonds is 5. The van der Waals surface area contributed by atoms with Gasteiger partial charge >= 0.3 is 6.18 Å². The van der Waals surface area contributed by atoms with Gasteiger partial charge in [-0.3, -0.25) is 9.59 Å². The summed E-state index contributed by atoms with van der Waals surface area (Å²) in [4.78, 5) is 31.1. The molecular weight excluding hydrogens is 519 g/mol. The molecule has 0 atom stereocenters. The minimum absolute atomic E-state index is 0.0490. The molecule has 2 heterocycles. The summed E-state index contributed by atoms with van der Waals surface area (Å²) in [5.41, 5.74) is -0.229. The molecule has 2 amide bonds. The SMILES string of the molecule is COc1c(NC(=O)c2cccc(C(F)(F)F)n2)cc2c(c1Br)C(=O)N([C@H]1CC[C@H](CO)CC1)C2. The van der Waals surface area contributed by atoms with Crippen LogP contribution < -0.4 is 10.1 Å². The zero-order valence-electron chi connectivity index (χ0n) is 18.3. The molecular formula is C23H23BrF3N3O4. The number of nitrogens with one attached hydrogen (secondary N) is 1. The fourth-order valence-electron chi connectivity index (χ4n) is 4.57. The normalized spacial score (nSPS) is 20.3. The van der Waals surface area contributed by atoms with E-state index in [2.05, 4.69) is 26.2 Å². The Kier molecular flexibility index (Phi) is 6.86. The van der Waals surface area contributed by atoms with Gasteiger partial charge in [-0.1, -0.05) is 6.07 Å². The van der Waals surface area contributed by atoms with Gasteiger partial charge in [0.05, 0.1) is 22.8 Å². The molecule has 1 aliphatic heterocycles. The molecule has 182 valence electrons. The van der Waals surface area contributed by atoms with E-state index >= 15 is 0 Å². The maximum Gasteiger partial charge on any atom is 0.433 e. The molecule has 2 aromatic rings. The Balaban J connectivity index is 1.59. The van der Waals surface area contributed by atoms with Gasteiger partial charge in [-0.15, -0.1) is 0 Å². The second kappa shape index (κ2) is 9.53. The number of fused-ring (bicyclic) bond motifs is 1. The molecule has 0 bridgehead atoms. The molecule has 0 radical (unpaired) electrons. The van der Waals surface area contributed by atoms with Gasteiger partial charge in [0.15, 0.2) is 5.75 Å². The number of anilines is 1. The number of halogens is 4. The monoisotopic (exact) mass is 541 g/mol. The number of carbonyl (C=O) groups excluding carboxylic acids is 2. The lowest BCUT2D eigenvalue weighted by molar-refractivity contribution is -0.141. The maximum absolute atomic E-state index is 13.2. The third kappa shape index (κ3) is 4.63. The highest BCUT2D eigenvalue weighted by Gasteiger charge is 2.38. The molecule has 4 rings (SSSR count). The summed E-state index contributed by atoms with van der Waals surface area (Å²) in [5.74, 6) is -0.530. The molecule has 1 aromatic carbocycles. The Hall–Kier alpha value is -2.66. The summed E-state index contributed by atoms with van der Waals surface area (Å²) in [6, 6.07) is 4.75. The lowest BCUT2D eigenvalue weighted by atomic mass is 9.86. The van der Waals surface area contributed by atoms with Gasteiger partial charge in [-0.2, -0.15) is 13.2 Å². The Morgan fingerprint density at radius 1 is 1.29 bits per heavy atom. The van der Waals surface area contributed by atoms with Crippen LogP contribution in [0.2, 0.25) is 0 Å². The number of nitrogens with zero attached hydrogens (tertiary/aromatic N) is 2. The van der Waals surface area contributed by atoms with E-state index in [9.17, 15) is 27.9 Å². The summed E-state index contributed by atoms with van der Waals surface area (Å²) in [6.45, 7) is 0.489. The number of pyridine rings is 1.